The van der Waals surface area contributed by atoms with E-state index in [-0.39, 0.29) is 11.9 Å². The molecule has 0 heterocycles. The third-order valence-corrected chi connectivity index (χ3v) is 2.69. The molecule has 1 rings (SSSR count). The standard InChI is InChI=1S/C14H21NO2/c1-4-11(3)15-14(16)13(5-2)17-12-9-7-6-8-10-12/h6-11,13H,4-5H2,1-3H3,(H,15,16)/t11-,13+/m0/s1. The second-order valence-corrected chi connectivity index (χ2v) is 4.15. The van der Waals surface area contributed by atoms with Crippen LogP contribution in [0, 0.1) is 0 Å². The molecular weight excluding hydrogens is 214 g/mol. The molecule has 17 heavy (non-hydrogen) atoms. The lowest BCUT2D eigenvalue weighted by molar-refractivity contribution is -0.128. The molecule has 3 heteroatoms. The first-order valence-electron chi connectivity index (χ1n) is 6.19. The second kappa shape index (κ2) is 6.94. The summed E-state index contributed by atoms with van der Waals surface area (Å²) in [5.74, 6) is 0.698. The van der Waals surface area contributed by atoms with Crippen molar-refractivity contribution in [3.05, 3.63) is 30.3 Å². The molecule has 0 bridgehead atoms. The van der Waals surface area contributed by atoms with Crippen molar-refractivity contribution in [1.82, 2.24) is 5.32 Å². The minimum atomic E-state index is -0.411. The Morgan fingerprint density at radius 3 is 2.41 bits per heavy atom. The minimum Gasteiger partial charge on any atom is -0.481 e. The molecule has 0 aromatic heterocycles. The number of amides is 1. The summed E-state index contributed by atoms with van der Waals surface area (Å²) in [6.45, 7) is 5.99. The number of hydrogen-bond donors (Lipinski definition) is 1. The van der Waals surface area contributed by atoms with Gasteiger partial charge in [0.15, 0.2) is 6.10 Å². The zero-order valence-corrected chi connectivity index (χ0v) is 10.8. The lowest BCUT2D eigenvalue weighted by Crippen LogP contribution is -2.42. The van der Waals surface area contributed by atoms with Crippen molar-refractivity contribution in [2.45, 2.75) is 45.8 Å². The van der Waals surface area contributed by atoms with Crippen LogP contribution in [0.15, 0.2) is 30.3 Å². The van der Waals surface area contributed by atoms with Crippen LogP contribution in [0.1, 0.15) is 33.6 Å². The van der Waals surface area contributed by atoms with Crippen molar-refractivity contribution in [3.63, 3.8) is 0 Å². The van der Waals surface area contributed by atoms with Crippen molar-refractivity contribution in [2.75, 3.05) is 0 Å². The number of benzene rings is 1. The first-order valence-corrected chi connectivity index (χ1v) is 6.19. The fraction of sp³-hybridized carbons (Fsp3) is 0.500. The highest BCUT2D eigenvalue weighted by Crippen LogP contribution is 2.12. The summed E-state index contributed by atoms with van der Waals surface area (Å²) >= 11 is 0. The quantitative estimate of drug-likeness (QED) is 0.823. The summed E-state index contributed by atoms with van der Waals surface area (Å²) in [5, 5.41) is 2.94. The predicted molar refractivity (Wildman–Crippen MR) is 69.0 cm³/mol. The number of para-hydroxylation sites is 1. The predicted octanol–water partition coefficient (Wildman–Crippen LogP) is 2.76. The molecule has 1 amide bonds. The van der Waals surface area contributed by atoms with Gasteiger partial charge in [0.2, 0.25) is 0 Å². The molecule has 0 aliphatic rings. The summed E-state index contributed by atoms with van der Waals surface area (Å²) in [4.78, 5) is 11.9. The maximum atomic E-state index is 11.9. The molecule has 3 nitrogen and oxygen atoms in total. The Bertz CT molecular complexity index is 337. The largest absolute Gasteiger partial charge is 0.481 e. The van der Waals surface area contributed by atoms with Crippen LogP contribution in [-0.2, 0) is 4.79 Å². The summed E-state index contributed by atoms with van der Waals surface area (Å²) in [7, 11) is 0. The van der Waals surface area contributed by atoms with E-state index in [4.69, 9.17) is 4.74 Å². The summed E-state index contributed by atoms with van der Waals surface area (Å²) in [5.41, 5.74) is 0. The van der Waals surface area contributed by atoms with Gasteiger partial charge in [-0.3, -0.25) is 4.79 Å². The topological polar surface area (TPSA) is 38.3 Å². The van der Waals surface area contributed by atoms with Gasteiger partial charge in [-0.25, -0.2) is 0 Å². The van der Waals surface area contributed by atoms with Crippen molar-refractivity contribution >= 4 is 5.91 Å². The van der Waals surface area contributed by atoms with Crippen molar-refractivity contribution in [1.29, 1.82) is 0 Å². The molecule has 94 valence electrons. The normalized spacial score (nSPS) is 13.8. The fourth-order valence-electron chi connectivity index (χ4n) is 1.42. The van der Waals surface area contributed by atoms with Gasteiger partial charge in [-0.2, -0.15) is 0 Å². The molecule has 1 aromatic rings. The molecule has 0 unspecified atom stereocenters. The van der Waals surface area contributed by atoms with Crippen LogP contribution in [0.4, 0.5) is 0 Å². The van der Waals surface area contributed by atoms with Crippen LogP contribution in [0.25, 0.3) is 0 Å². The third-order valence-electron chi connectivity index (χ3n) is 2.69. The average molecular weight is 235 g/mol. The Balaban J connectivity index is 2.56. The van der Waals surface area contributed by atoms with Crippen LogP contribution in [0.5, 0.6) is 5.75 Å². The lowest BCUT2D eigenvalue weighted by atomic mass is 10.2. The second-order valence-electron chi connectivity index (χ2n) is 4.15. The molecular formula is C14H21NO2. The Morgan fingerprint density at radius 2 is 1.88 bits per heavy atom. The molecule has 0 saturated heterocycles. The third kappa shape index (κ3) is 4.47. The van der Waals surface area contributed by atoms with E-state index in [1.54, 1.807) is 0 Å². The fourth-order valence-corrected chi connectivity index (χ4v) is 1.42. The van der Waals surface area contributed by atoms with Crippen LogP contribution in [0.2, 0.25) is 0 Å². The Morgan fingerprint density at radius 1 is 1.24 bits per heavy atom. The van der Waals surface area contributed by atoms with Crippen LogP contribution in [0.3, 0.4) is 0 Å². The van der Waals surface area contributed by atoms with Gasteiger partial charge in [-0.15, -0.1) is 0 Å². The van der Waals surface area contributed by atoms with Crippen LogP contribution < -0.4 is 10.1 Å². The average Bonchev–Trinajstić information content (AvgIpc) is 2.36. The molecule has 0 saturated carbocycles. The van der Waals surface area contributed by atoms with Crippen molar-refractivity contribution in [3.8, 4) is 5.75 Å². The molecule has 0 aliphatic heterocycles. The maximum absolute atomic E-state index is 11.9. The smallest absolute Gasteiger partial charge is 0.261 e. The first kappa shape index (κ1) is 13.6. The Kier molecular flexibility index (Phi) is 5.53. The van der Waals surface area contributed by atoms with Gasteiger partial charge in [0, 0.05) is 6.04 Å². The first-order chi connectivity index (χ1) is 8.17. The van der Waals surface area contributed by atoms with E-state index in [0.717, 1.165) is 12.2 Å². The van der Waals surface area contributed by atoms with Gasteiger partial charge < -0.3 is 10.1 Å². The summed E-state index contributed by atoms with van der Waals surface area (Å²) in [6.07, 6.45) is 1.18. The van der Waals surface area contributed by atoms with Gasteiger partial charge in [0.1, 0.15) is 5.75 Å². The Hall–Kier alpha value is -1.51. The van der Waals surface area contributed by atoms with Gasteiger partial charge in [-0.1, -0.05) is 32.0 Å². The number of nitrogens with one attached hydrogen (secondary N) is 1. The van der Waals surface area contributed by atoms with E-state index in [1.807, 2.05) is 51.1 Å². The number of carbonyl (C=O) groups excluding carboxylic acids is 1. The SMILES string of the molecule is CC[C@H](C)NC(=O)[C@@H](CC)Oc1ccccc1. The van der Waals surface area contributed by atoms with E-state index >= 15 is 0 Å². The van der Waals surface area contributed by atoms with Crippen molar-refractivity contribution < 1.29 is 9.53 Å². The van der Waals surface area contributed by atoms with E-state index in [1.165, 1.54) is 0 Å². The number of ether oxygens (including phenoxy) is 1. The molecule has 0 fully saturated rings. The number of carbonyl (C=O) groups is 1. The van der Waals surface area contributed by atoms with Crippen LogP contribution in [-0.4, -0.2) is 18.1 Å². The molecule has 2 atom stereocenters. The Labute approximate surface area is 103 Å². The molecule has 0 aliphatic carbocycles. The van der Waals surface area contributed by atoms with Gasteiger partial charge in [0.05, 0.1) is 0 Å². The van der Waals surface area contributed by atoms with E-state index in [9.17, 15) is 4.79 Å². The molecule has 0 spiro atoms. The van der Waals surface area contributed by atoms with Crippen molar-refractivity contribution in [2.24, 2.45) is 0 Å². The maximum Gasteiger partial charge on any atom is 0.261 e. The molecule has 1 aromatic carbocycles. The monoisotopic (exact) mass is 235 g/mol. The number of rotatable bonds is 6. The summed E-state index contributed by atoms with van der Waals surface area (Å²) < 4.78 is 5.66. The van der Waals surface area contributed by atoms with Gasteiger partial charge in [-0.05, 0) is 31.9 Å². The van der Waals surface area contributed by atoms with E-state index in [0.29, 0.717) is 6.42 Å². The zero-order chi connectivity index (χ0) is 12.7. The number of hydrogen-bond acceptors (Lipinski definition) is 2. The van der Waals surface area contributed by atoms with E-state index in [2.05, 4.69) is 5.32 Å². The molecule has 0 radical (unpaired) electrons. The zero-order valence-electron chi connectivity index (χ0n) is 10.8. The summed E-state index contributed by atoms with van der Waals surface area (Å²) in [6, 6.07) is 9.63. The highest BCUT2D eigenvalue weighted by atomic mass is 16.5. The van der Waals surface area contributed by atoms with Crippen LogP contribution >= 0.6 is 0 Å². The highest BCUT2D eigenvalue weighted by Gasteiger charge is 2.19. The molecule has 1 N–H and O–H groups in total. The van der Waals surface area contributed by atoms with E-state index < -0.39 is 6.10 Å². The van der Waals surface area contributed by atoms with Gasteiger partial charge in [0.25, 0.3) is 5.91 Å². The highest BCUT2D eigenvalue weighted by molar-refractivity contribution is 5.81. The van der Waals surface area contributed by atoms with Gasteiger partial charge >= 0.3 is 0 Å². The minimum absolute atomic E-state index is 0.0364. The lowest BCUT2D eigenvalue weighted by Gasteiger charge is -2.19.